The fraction of sp³-hybridized carbons (Fsp3) is 0.750. The number of piperidine rings is 1. The first-order valence-electron chi connectivity index (χ1n) is 11.4. The van der Waals surface area contributed by atoms with Crippen molar-refractivity contribution in [2.45, 2.75) is 82.6 Å². The van der Waals surface area contributed by atoms with Crippen molar-refractivity contribution in [3.05, 3.63) is 29.8 Å². The quantitative estimate of drug-likeness (QED) is 0.783. The summed E-state index contributed by atoms with van der Waals surface area (Å²) in [6.07, 6.45) is 7.41. The molecule has 0 amide bonds. The lowest BCUT2D eigenvalue weighted by Gasteiger charge is -2.45. The maximum absolute atomic E-state index is 6.82. The summed E-state index contributed by atoms with van der Waals surface area (Å²) in [5.41, 5.74) is 1.37. The van der Waals surface area contributed by atoms with Gasteiger partial charge in [0, 0.05) is 36.8 Å². The highest BCUT2D eigenvalue weighted by molar-refractivity contribution is 5.35. The number of benzene rings is 1. The summed E-state index contributed by atoms with van der Waals surface area (Å²) < 4.78 is 6.82. The predicted octanol–water partition coefficient (Wildman–Crippen LogP) is 4.00. The van der Waals surface area contributed by atoms with E-state index in [1.165, 1.54) is 57.2 Å². The van der Waals surface area contributed by atoms with E-state index in [-0.39, 0.29) is 5.60 Å². The van der Waals surface area contributed by atoms with Gasteiger partial charge in [0.15, 0.2) is 0 Å². The average Bonchev–Trinajstić information content (AvgIpc) is 2.85. The minimum Gasteiger partial charge on any atom is -0.486 e. The molecule has 1 spiro atoms. The van der Waals surface area contributed by atoms with Gasteiger partial charge in [0.2, 0.25) is 0 Å². The van der Waals surface area contributed by atoms with Gasteiger partial charge in [-0.2, -0.15) is 0 Å². The van der Waals surface area contributed by atoms with Crippen LogP contribution in [0, 0.1) is 0 Å². The summed E-state index contributed by atoms with van der Waals surface area (Å²) in [7, 11) is 4.45. The second-order valence-corrected chi connectivity index (χ2v) is 9.85. The van der Waals surface area contributed by atoms with E-state index in [1.54, 1.807) is 0 Å². The number of para-hydroxylation sites is 1. The van der Waals surface area contributed by atoms with E-state index < -0.39 is 0 Å². The van der Waals surface area contributed by atoms with Crippen molar-refractivity contribution < 1.29 is 4.74 Å². The Morgan fingerprint density at radius 3 is 2.36 bits per heavy atom. The van der Waals surface area contributed by atoms with Crippen LogP contribution in [-0.2, 0) is 6.54 Å². The molecule has 2 heterocycles. The summed E-state index contributed by atoms with van der Waals surface area (Å²) in [6.45, 7) is 9.26. The van der Waals surface area contributed by atoms with Crippen LogP contribution >= 0.6 is 0 Å². The van der Waals surface area contributed by atoms with E-state index in [1.807, 2.05) is 0 Å². The Morgan fingerprint density at radius 2 is 1.71 bits per heavy atom. The lowest BCUT2D eigenvalue weighted by molar-refractivity contribution is -0.0286. The molecule has 4 rings (SSSR count). The lowest BCUT2D eigenvalue weighted by atomic mass is 9.80. The molecule has 1 saturated heterocycles. The summed E-state index contributed by atoms with van der Waals surface area (Å²) in [4.78, 5) is 7.81. The average molecular weight is 386 g/mol. The molecule has 156 valence electrons. The Hall–Kier alpha value is -1.10. The van der Waals surface area contributed by atoms with Crippen LogP contribution < -0.4 is 4.74 Å². The highest BCUT2D eigenvalue weighted by Crippen LogP contribution is 2.40. The molecular formula is C24H39N3O. The maximum Gasteiger partial charge on any atom is 0.124 e. The zero-order valence-corrected chi connectivity index (χ0v) is 18.4. The molecule has 0 atom stereocenters. The molecule has 2 fully saturated rings. The molecule has 28 heavy (non-hydrogen) atoms. The van der Waals surface area contributed by atoms with Crippen LogP contribution in [0.4, 0.5) is 0 Å². The van der Waals surface area contributed by atoms with Crippen molar-refractivity contribution in [3.63, 3.8) is 0 Å². The van der Waals surface area contributed by atoms with Crippen LogP contribution in [0.15, 0.2) is 24.3 Å². The molecule has 4 nitrogen and oxygen atoms in total. The monoisotopic (exact) mass is 385 g/mol. The molecule has 1 saturated carbocycles. The molecule has 3 aliphatic rings. The van der Waals surface area contributed by atoms with E-state index in [0.717, 1.165) is 18.8 Å². The van der Waals surface area contributed by atoms with Gasteiger partial charge in [-0.3, -0.25) is 4.90 Å². The van der Waals surface area contributed by atoms with Gasteiger partial charge < -0.3 is 14.5 Å². The van der Waals surface area contributed by atoms with Gasteiger partial charge in [0.05, 0.1) is 0 Å². The molecule has 1 aromatic carbocycles. The Kier molecular flexibility index (Phi) is 6.01. The van der Waals surface area contributed by atoms with Crippen LogP contribution in [0.25, 0.3) is 0 Å². The first-order chi connectivity index (χ1) is 13.5. The molecule has 0 N–H and O–H groups in total. The number of ether oxygens (including phenoxy) is 1. The summed E-state index contributed by atoms with van der Waals surface area (Å²) in [5, 5.41) is 0. The van der Waals surface area contributed by atoms with Gasteiger partial charge in [-0.05, 0) is 85.6 Å². The first-order valence-corrected chi connectivity index (χ1v) is 11.4. The third kappa shape index (κ3) is 4.24. The van der Waals surface area contributed by atoms with Crippen LogP contribution in [0.1, 0.15) is 57.9 Å². The Morgan fingerprint density at radius 1 is 1.04 bits per heavy atom. The van der Waals surface area contributed by atoms with E-state index in [9.17, 15) is 0 Å². The largest absolute Gasteiger partial charge is 0.486 e. The molecule has 1 aliphatic carbocycles. The minimum atomic E-state index is -0.00566. The molecule has 4 heteroatoms. The number of rotatable bonds is 3. The Balaban J connectivity index is 1.53. The zero-order valence-electron chi connectivity index (χ0n) is 18.4. The van der Waals surface area contributed by atoms with E-state index in [4.69, 9.17) is 4.74 Å². The second-order valence-electron chi connectivity index (χ2n) is 9.85. The van der Waals surface area contributed by atoms with Crippen molar-refractivity contribution in [1.82, 2.24) is 14.7 Å². The normalized spacial score (nSPS) is 30.4. The van der Waals surface area contributed by atoms with Crippen molar-refractivity contribution in [1.29, 1.82) is 0 Å². The van der Waals surface area contributed by atoms with Crippen molar-refractivity contribution >= 4 is 0 Å². The van der Waals surface area contributed by atoms with Gasteiger partial charge >= 0.3 is 0 Å². The van der Waals surface area contributed by atoms with Gasteiger partial charge in [-0.1, -0.05) is 18.2 Å². The third-order valence-electron chi connectivity index (χ3n) is 7.51. The van der Waals surface area contributed by atoms with Crippen LogP contribution in [-0.4, -0.2) is 72.2 Å². The maximum atomic E-state index is 6.82. The Labute approximate surface area is 171 Å². The molecule has 0 radical (unpaired) electrons. The van der Waals surface area contributed by atoms with Gasteiger partial charge in [0.1, 0.15) is 11.4 Å². The highest BCUT2D eigenvalue weighted by Gasteiger charge is 2.43. The summed E-state index contributed by atoms with van der Waals surface area (Å²) in [5.74, 6) is 1.13. The fourth-order valence-corrected chi connectivity index (χ4v) is 5.58. The predicted molar refractivity (Wildman–Crippen MR) is 116 cm³/mol. The fourth-order valence-electron chi connectivity index (χ4n) is 5.58. The van der Waals surface area contributed by atoms with Crippen molar-refractivity contribution in [3.8, 4) is 5.75 Å². The number of hydrogen-bond acceptors (Lipinski definition) is 4. The molecular weight excluding hydrogens is 346 g/mol. The van der Waals surface area contributed by atoms with Crippen molar-refractivity contribution in [2.24, 2.45) is 0 Å². The smallest absolute Gasteiger partial charge is 0.124 e. The minimum absolute atomic E-state index is 0.00566. The zero-order chi connectivity index (χ0) is 19.7. The summed E-state index contributed by atoms with van der Waals surface area (Å²) >= 11 is 0. The van der Waals surface area contributed by atoms with E-state index >= 15 is 0 Å². The summed E-state index contributed by atoms with van der Waals surface area (Å²) in [6, 6.07) is 10.8. The van der Waals surface area contributed by atoms with E-state index in [2.05, 4.69) is 66.9 Å². The molecule has 1 aromatic rings. The number of fused-ring (bicyclic) bond motifs is 1. The van der Waals surface area contributed by atoms with Crippen LogP contribution in [0.5, 0.6) is 5.75 Å². The molecule has 2 aliphatic heterocycles. The third-order valence-corrected chi connectivity index (χ3v) is 7.51. The van der Waals surface area contributed by atoms with Crippen molar-refractivity contribution in [2.75, 3.05) is 33.7 Å². The second kappa shape index (κ2) is 8.33. The van der Waals surface area contributed by atoms with Crippen LogP contribution in [0.2, 0.25) is 0 Å². The first kappa shape index (κ1) is 20.2. The van der Waals surface area contributed by atoms with Gasteiger partial charge in [-0.25, -0.2) is 0 Å². The number of likely N-dealkylation sites (tertiary alicyclic amines) is 1. The number of hydrogen-bond donors (Lipinski definition) is 0. The van der Waals surface area contributed by atoms with Crippen LogP contribution in [0.3, 0.4) is 0 Å². The highest BCUT2D eigenvalue weighted by atomic mass is 16.5. The number of nitrogens with zero attached hydrogens (tertiary/aromatic N) is 3. The SMILES string of the molecule is CC(C)N1CCC(N2Cc3ccccc3OC3(CCC(N(C)C)CC3)C2)CC1. The molecule has 0 aromatic heterocycles. The Bertz CT molecular complexity index is 643. The molecule has 0 unspecified atom stereocenters. The standard InChI is InChI=1S/C24H39N3O/c1-19(2)26-15-11-22(12-16-26)27-17-20-7-5-6-8-23(20)28-24(18-27)13-9-21(10-14-24)25(3)4/h5-8,19,21-22H,9-18H2,1-4H3. The van der Waals surface area contributed by atoms with E-state index in [0.29, 0.717) is 18.1 Å². The van der Waals surface area contributed by atoms with Gasteiger partial charge in [-0.15, -0.1) is 0 Å². The molecule has 0 bridgehead atoms. The van der Waals surface area contributed by atoms with Gasteiger partial charge in [0.25, 0.3) is 0 Å². The lowest BCUT2D eigenvalue weighted by Crippen LogP contribution is -2.54. The topological polar surface area (TPSA) is 19.0 Å².